The van der Waals surface area contributed by atoms with Crippen LogP contribution in [0.1, 0.15) is 31.2 Å². The number of urea groups is 1. The minimum Gasteiger partial charge on any atom is -0.335 e. The number of aryl methyl sites for hydroxylation is 1. The highest BCUT2D eigenvalue weighted by molar-refractivity contribution is 6.45. The number of benzene rings is 1. The summed E-state index contributed by atoms with van der Waals surface area (Å²) in [6.07, 6.45) is 3.14. The van der Waals surface area contributed by atoms with E-state index in [0.29, 0.717) is 23.4 Å². The predicted molar refractivity (Wildman–Crippen MR) is 104 cm³/mol. The van der Waals surface area contributed by atoms with Gasteiger partial charge in [-0.25, -0.2) is 9.69 Å². The van der Waals surface area contributed by atoms with Crippen molar-refractivity contribution in [2.24, 2.45) is 0 Å². The van der Waals surface area contributed by atoms with Gasteiger partial charge in [-0.1, -0.05) is 30.5 Å². The van der Waals surface area contributed by atoms with Gasteiger partial charge in [0.05, 0.1) is 6.54 Å². The lowest BCUT2D eigenvalue weighted by Crippen LogP contribution is -2.45. The van der Waals surface area contributed by atoms with Gasteiger partial charge in [0.2, 0.25) is 11.8 Å². The van der Waals surface area contributed by atoms with Gasteiger partial charge < -0.3 is 10.2 Å². The third-order valence-electron chi connectivity index (χ3n) is 5.21. The Morgan fingerprint density at radius 1 is 1.07 bits per heavy atom. The molecule has 0 unspecified atom stereocenters. The normalized spacial score (nSPS) is 17.2. The zero-order valence-electron chi connectivity index (χ0n) is 16.5. The number of imide groups is 2. The van der Waals surface area contributed by atoms with E-state index in [1.807, 2.05) is 19.1 Å². The standard InChI is InChI=1S/C20H24N4O5/c1-13-7-9-14(10-8-13)21-16(25)11-22(2)17(26)12-23-18(27)19(28)24(20(23)29)15-5-3-4-6-15/h7-10,15H,3-6,11-12H2,1-2H3,(H,21,25). The molecule has 0 spiro atoms. The number of hydrogen-bond donors (Lipinski definition) is 1. The molecule has 0 aromatic heterocycles. The van der Waals surface area contributed by atoms with Gasteiger partial charge in [-0.15, -0.1) is 0 Å². The molecule has 9 heteroatoms. The topological polar surface area (TPSA) is 107 Å². The van der Waals surface area contributed by atoms with E-state index >= 15 is 0 Å². The molecule has 1 saturated heterocycles. The van der Waals surface area contributed by atoms with Crippen molar-refractivity contribution >= 4 is 35.3 Å². The van der Waals surface area contributed by atoms with Crippen LogP contribution in [0.3, 0.4) is 0 Å². The molecule has 0 atom stereocenters. The highest BCUT2D eigenvalue weighted by atomic mass is 16.2. The molecule has 1 saturated carbocycles. The largest absolute Gasteiger partial charge is 0.335 e. The van der Waals surface area contributed by atoms with Crippen LogP contribution in [0.4, 0.5) is 10.5 Å². The monoisotopic (exact) mass is 400 g/mol. The second kappa shape index (κ2) is 8.42. The number of likely N-dealkylation sites (N-methyl/N-ethyl adjacent to an activating group) is 1. The van der Waals surface area contributed by atoms with E-state index in [9.17, 15) is 24.0 Å². The quantitative estimate of drug-likeness (QED) is 0.569. The van der Waals surface area contributed by atoms with E-state index in [0.717, 1.165) is 28.2 Å². The van der Waals surface area contributed by atoms with Gasteiger partial charge in [0.25, 0.3) is 0 Å². The first kappa shape index (κ1) is 20.5. The summed E-state index contributed by atoms with van der Waals surface area (Å²) in [5.74, 6) is -2.89. The van der Waals surface area contributed by atoms with Crippen LogP contribution in [0.25, 0.3) is 0 Å². The van der Waals surface area contributed by atoms with Gasteiger partial charge in [0.1, 0.15) is 6.54 Å². The summed E-state index contributed by atoms with van der Waals surface area (Å²) in [5.41, 5.74) is 1.65. The summed E-state index contributed by atoms with van der Waals surface area (Å²) in [5, 5.41) is 2.67. The van der Waals surface area contributed by atoms with Crippen LogP contribution in [0, 0.1) is 6.92 Å². The van der Waals surface area contributed by atoms with E-state index in [1.165, 1.54) is 7.05 Å². The van der Waals surface area contributed by atoms with Crippen molar-refractivity contribution < 1.29 is 24.0 Å². The highest BCUT2D eigenvalue weighted by Gasteiger charge is 2.48. The summed E-state index contributed by atoms with van der Waals surface area (Å²) in [7, 11) is 1.40. The molecule has 1 aliphatic heterocycles. The van der Waals surface area contributed by atoms with Crippen LogP contribution in [0.5, 0.6) is 0 Å². The van der Waals surface area contributed by atoms with Crippen molar-refractivity contribution in [3.63, 3.8) is 0 Å². The summed E-state index contributed by atoms with van der Waals surface area (Å²) < 4.78 is 0. The third kappa shape index (κ3) is 4.44. The van der Waals surface area contributed by atoms with Crippen molar-refractivity contribution in [3.05, 3.63) is 29.8 Å². The molecular formula is C20H24N4O5. The van der Waals surface area contributed by atoms with Crippen LogP contribution in [-0.4, -0.2) is 70.5 Å². The Bertz CT molecular complexity index is 845. The number of nitrogens with zero attached hydrogens (tertiary/aromatic N) is 3. The van der Waals surface area contributed by atoms with Crippen molar-refractivity contribution in [1.29, 1.82) is 0 Å². The molecule has 6 amide bonds. The Balaban J connectivity index is 1.56. The fraction of sp³-hybridized carbons (Fsp3) is 0.450. The van der Waals surface area contributed by atoms with Crippen LogP contribution >= 0.6 is 0 Å². The molecule has 154 valence electrons. The summed E-state index contributed by atoms with van der Waals surface area (Å²) in [4.78, 5) is 64.2. The number of anilines is 1. The molecule has 0 radical (unpaired) electrons. The molecule has 1 aliphatic carbocycles. The number of hydrogen-bond acceptors (Lipinski definition) is 5. The van der Waals surface area contributed by atoms with Gasteiger partial charge in [0, 0.05) is 18.8 Å². The fourth-order valence-corrected chi connectivity index (χ4v) is 3.54. The lowest BCUT2D eigenvalue weighted by molar-refractivity contribution is -0.145. The molecule has 29 heavy (non-hydrogen) atoms. The Labute approximate surface area is 168 Å². The lowest BCUT2D eigenvalue weighted by Gasteiger charge is -2.22. The molecule has 1 N–H and O–H groups in total. The Kier molecular flexibility index (Phi) is 5.95. The van der Waals surface area contributed by atoms with E-state index in [1.54, 1.807) is 12.1 Å². The first-order chi connectivity index (χ1) is 13.8. The maximum atomic E-state index is 12.5. The Hall–Kier alpha value is -3.23. The average Bonchev–Trinajstić information content (AvgIpc) is 3.27. The van der Waals surface area contributed by atoms with Gasteiger partial charge in [-0.3, -0.25) is 24.1 Å². The summed E-state index contributed by atoms with van der Waals surface area (Å²) in [6, 6.07) is 6.17. The van der Waals surface area contributed by atoms with Crippen molar-refractivity contribution in [3.8, 4) is 0 Å². The SMILES string of the molecule is Cc1ccc(NC(=O)CN(C)C(=O)CN2C(=O)C(=O)N(C3CCCC3)C2=O)cc1. The van der Waals surface area contributed by atoms with Crippen LogP contribution < -0.4 is 5.32 Å². The Morgan fingerprint density at radius 3 is 2.31 bits per heavy atom. The van der Waals surface area contributed by atoms with E-state index in [2.05, 4.69) is 5.32 Å². The molecule has 9 nitrogen and oxygen atoms in total. The predicted octanol–water partition coefficient (Wildman–Crippen LogP) is 1.13. The second-order valence-corrected chi connectivity index (χ2v) is 7.45. The molecule has 0 bridgehead atoms. The average molecular weight is 400 g/mol. The number of nitrogens with one attached hydrogen (secondary N) is 1. The molecule has 1 aromatic rings. The van der Waals surface area contributed by atoms with Crippen LogP contribution in [-0.2, 0) is 19.2 Å². The van der Waals surface area contributed by atoms with Gasteiger partial charge >= 0.3 is 17.8 Å². The summed E-state index contributed by atoms with van der Waals surface area (Å²) in [6.45, 7) is 1.11. The van der Waals surface area contributed by atoms with Gasteiger partial charge in [-0.2, -0.15) is 0 Å². The molecular weight excluding hydrogens is 376 g/mol. The van der Waals surface area contributed by atoms with E-state index in [-0.39, 0.29) is 12.6 Å². The van der Waals surface area contributed by atoms with Crippen molar-refractivity contribution in [1.82, 2.24) is 14.7 Å². The van der Waals surface area contributed by atoms with Gasteiger partial charge in [-0.05, 0) is 31.9 Å². The second-order valence-electron chi connectivity index (χ2n) is 7.45. The first-order valence-electron chi connectivity index (χ1n) is 9.57. The molecule has 3 rings (SSSR count). The number of carbonyl (C=O) groups is 5. The lowest BCUT2D eigenvalue weighted by atomic mass is 10.2. The zero-order valence-corrected chi connectivity index (χ0v) is 16.5. The van der Waals surface area contributed by atoms with Crippen molar-refractivity contribution in [2.45, 2.75) is 38.6 Å². The molecule has 1 aromatic carbocycles. The van der Waals surface area contributed by atoms with Crippen LogP contribution in [0.15, 0.2) is 24.3 Å². The zero-order chi connectivity index (χ0) is 21.1. The Morgan fingerprint density at radius 2 is 1.69 bits per heavy atom. The maximum absolute atomic E-state index is 12.5. The smallest absolute Gasteiger partial charge is 0.334 e. The molecule has 2 aliphatic rings. The maximum Gasteiger partial charge on any atom is 0.334 e. The van der Waals surface area contributed by atoms with E-state index in [4.69, 9.17) is 0 Å². The minimum absolute atomic E-state index is 0.247. The minimum atomic E-state index is -0.993. The van der Waals surface area contributed by atoms with Crippen LogP contribution in [0.2, 0.25) is 0 Å². The van der Waals surface area contributed by atoms with Crippen molar-refractivity contribution in [2.75, 3.05) is 25.5 Å². The molecule has 1 heterocycles. The number of rotatable bonds is 6. The van der Waals surface area contributed by atoms with E-state index < -0.39 is 36.2 Å². The van der Waals surface area contributed by atoms with Gasteiger partial charge in [0.15, 0.2) is 0 Å². The number of carbonyl (C=O) groups excluding carboxylic acids is 5. The first-order valence-corrected chi connectivity index (χ1v) is 9.57. The summed E-state index contributed by atoms with van der Waals surface area (Å²) >= 11 is 0. The fourth-order valence-electron chi connectivity index (χ4n) is 3.54. The highest BCUT2D eigenvalue weighted by Crippen LogP contribution is 2.27. The third-order valence-corrected chi connectivity index (χ3v) is 5.21. The number of amides is 6. The molecule has 2 fully saturated rings.